The minimum Gasteiger partial charge on any atom is -0.345 e. The van der Waals surface area contributed by atoms with Gasteiger partial charge in [-0.2, -0.15) is 0 Å². The van der Waals surface area contributed by atoms with Crippen molar-refractivity contribution in [1.82, 2.24) is 20.1 Å². The fourth-order valence-electron chi connectivity index (χ4n) is 2.68. The van der Waals surface area contributed by atoms with Gasteiger partial charge in [-0.3, -0.25) is 9.59 Å². The third kappa shape index (κ3) is 6.13. The summed E-state index contributed by atoms with van der Waals surface area (Å²) >= 11 is 19.2. The van der Waals surface area contributed by atoms with Crippen LogP contribution in [0.1, 0.15) is 23.1 Å². The lowest BCUT2D eigenvalue weighted by Gasteiger charge is -2.09. The topological polar surface area (TPSA) is 88.9 Å². The molecule has 0 bridgehead atoms. The van der Waals surface area contributed by atoms with Crippen molar-refractivity contribution in [2.24, 2.45) is 0 Å². The number of carbonyl (C=O) groups excluding carboxylic acids is 2. The Balaban J connectivity index is 1.58. The van der Waals surface area contributed by atoms with E-state index in [1.807, 2.05) is 11.5 Å². The van der Waals surface area contributed by atoms with Gasteiger partial charge < -0.3 is 15.2 Å². The second-order valence-electron chi connectivity index (χ2n) is 6.27. The van der Waals surface area contributed by atoms with Crippen molar-refractivity contribution in [3.63, 3.8) is 0 Å². The molecule has 2 amide bonds. The molecular formula is C20H18Cl3N5O2S. The van der Waals surface area contributed by atoms with Crippen LogP contribution in [-0.2, 0) is 17.9 Å². The molecule has 3 aromatic rings. The maximum absolute atomic E-state index is 12.4. The molecule has 0 radical (unpaired) electrons. The summed E-state index contributed by atoms with van der Waals surface area (Å²) < 4.78 is 1.84. The minimum atomic E-state index is -0.300. The summed E-state index contributed by atoms with van der Waals surface area (Å²) in [7, 11) is 0. The summed E-state index contributed by atoms with van der Waals surface area (Å²) in [4.78, 5) is 24.6. The number of aromatic nitrogens is 3. The largest absolute Gasteiger partial charge is 0.345 e. The van der Waals surface area contributed by atoms with Crippen molar-refractivity contribution in [1.29, 1.82) is 0 Å². The van der Waals surface area contributed by atoms with Crippen molar-refractivity contribution in [3.05, 3.63) is 68.9 Å². The molecule has 0 fully saturated rings. The molecule has 1 heterocycles. The third-order valence-electron chi connectivity index (χ3n) is 4.17. The molecule has 0 aliphatic heterocycles. The van der Waals surface area contributed by atoms with Crippen LogP contribution in [0.25, 0.3) is 0 Å². The fraction of sp³-hybridized carbons (Fsp3) is 0.200. The monoisotopic (exact) mass is 497 g/mol. The summed E-state index contributed by atoms with van der Waals surface area (Å²) in [6.07, 6.45) is 0. The van der Waals surface area contributed by atoms with Crippen LogP contribution in [0.5, 0.6) is 0 Å². The predicted octanol–water partition coefficient (Wildman–Crippen LogP) is 4.92. The van der Waals surface area contributed by atoms with Crippen LogP contribution in [0.3, 0.4) is 0 Å². The molecule has 0 aliphatic carbocycles. The Kier molecular flexibility index (Phi) is 8.20. The molecule has 2 aromatic carbocycles. The SMILES string of the molecule is CCn1c(CNC(=O)c2ccccc2Cl)nnc1SCC(=O)Nc1ccc(Cl)c(Cl)c1. The van der Waals surface area contributed by atoms with Crippen molar-refractivity contribution in [2.75, 3.05) is 11.1 Å². The second-order valence-corrected chi connectivity index (χ2v) is 8.44. The molecule has 0 aliphatic rings. The van der Waals surface area contributed by atoms with Gasteiger partial charge in [0, 0.05) is 12.2 Å². The van der Waals surface area contributed by atoms with E-state index >= 15 is 0 Å². The van der Waals surface area contributed by atoms with Crippen LogP contribution in [-0.4, -0.2) is 32.3 Å². The zero-order valence-corrected chi connectivity index (χ0v) is 19.4. The van der Waals surface area contributed by atoms with E-state index in [0.717, 1.165) is 0 Å². The molecule has 0 atom stereocenters. The van der Waals surface area contributed by atoms with Crippen LogP contribution in [0.15, 0.2) is 47.6 Å². The van der Waals surface area contributed by atoms with E-state index in [2.05, 4.69) is 20.8 Å². The first-order valence-electron chi connectivity index (χ1n) is 9.21. The van der Waals surface area contributed by atoms with Gasteiger partial charge in [0.2, 0.25) is 5.91 Å². The first kappa shape index (κ1) is 23.4. The molecule has 1 aromatic heterocycles. The number of rotatable bonds is 8. The number of nitrogens with zero attached hydrogens (tertiary/aromatic N) is 3. The quantitative estimate of drug-likeness (QED) is 0.430. The summed E-state index contributed by atoms with van der Waals surface area (Å²) in [6, 6.07) is 11.7. The van der Waals surface area contributed by atoms with Crippen LogP contribution in [0.2, 0.25) is 15.1 Å². The highest BCUT2D eigenvalue weighted by Crippen LogP contribution is 2.25. The van der Waals surface area contributed by atoms with E-state index < -0.39 is 0 Å². The lowest BCUT2D eigenvalue weighted by Crippen LogP contribution is -2.25. The van der Waals surface area contributed by atoms with E-state index in [0.29, 0.717) is 43.8 Å². The predicted molar refractivity (Wildman–Crippen MR) is 124 cm³/mol. The number of carbonyl (C=O) groups is 2. The zero-order chi connectivity index (χ0) is 22.4. The highest BCUT2D eigenvalue weighted by Gasteiger charge is 2.15. The number of nitrogens with one attached hydrogen (secondary N) is 2. The molecule has 0 spiro atoms. The standard InChI is InChI=1S/C20H18Cl3N5O2S/c1-2-28-17(10-24-19(30)13-5-3-4-6-14(13)21)26-27-20(28)31-11-18(29)25-12-7-8-15(22)16(23)9-12/h3-9H,2,10-11H2,1H3,(H,24,30)(H,25,29). The number of hydrogen-bond donors (Lipinski definition) is 2. The lowest BCUT2D eigenvalue weighted by molar-refractivity contribution is -0.113. The van der Waals surface area contributed by atoms with Gasteiger partial charge in [0.25, 0.3) is 5.91 Å². The van der Waals surface area contributed by atoms with Gasteiger partial charge in [-0.1, -0.05) is 58.7 Å². The van der Waals surface area contributed by atoms with E-state index in [1.54, 1.807) is 42.5 Å². The third-order valence-corrected chi connectivity index (χ3v) is 6.21. The minimum absolute atomic E-state index is 0.129. The summed E-state index contributed by atoms with van der Waals surface area (Å²) in [5, 5.41) is 15.6. The Morgan fingerprint density at radius 3 is 2.52 bits per heavy atom. The normalized spacial score (nSPS) is 10.7. The van der Waals surface area contributed by atoms with Gasteiger partial charge in [0.05, 0.1) is 32.9 Å². The number of hydrogen-bond acceptors (Lipinski definition) is 5. The highest BCUT2D eigenvalue weighted by molar-refractivity contribution is 7.99. The van der Waals surface area contributed by atoms with Crippen LogP contribution < -0.4 is 10.6 Å². The first-order valence-corrected chi connectivity index (χ1v) is 11.3. The van der Waals surface area contributed by atoms with Crippen molar-refractivity contribution in [2.45, 2.75) is 25.2 Å². The Morgan fingerprint density at radius 1 is 1.03 bits per heavy atom. The molecule has 0 saturated heterocycles. The molecule has 31 heavy (non-hydrogen) atoms. The first-order chi connectivity index (χ1) is 14.9. The molecule has 11 heteroatoms. The smallest absolute Gasteiger partial charge is 0.253 e. The maximum Gasteiger partial charge on any atom is 0.253 e. The number of anilines is 1. The lowest BCUT2D eigenvalue weighted by atomic mass is 10.2. The molecule has 3 rings (SSSR count). The van der Waals surface area contributed by atoms with E-state index in [9.17, 15) is 9.59 Å². The van der Waals surface area contributed by atoms with Gasteiger partial charge in [-0.15, -0.1) is 10.2 Å². The average Bonchev–Trinajstić information content (AvgIpc) is 3.15. The number of benzene rings is 2. The fourth-order valence-corrected chi connectivity index (χ4v) is 4.02. The Hall–Kier alpha value is -2.26. The van der Waals surface area contributed by atoms with Gasteiger partial charge in [-0.05, 0) is 37.3 Å². The van der Waals surface area contributed by atoms with Crippen molar-refractivity contribution in [3.8, 4) is 0 Å². The number of halogens is 3. The van der Waals surface area contributed by atoms with E-state index in [-0.39, 0.29) is 24.1 Å². The Labute approximate surface area is 198 Å². The molecule has 2 N–H and O–H groups in total. The zero-order valence-electron chi connectivity index (χ0n) is 16.4. The summed E-state index contributed by atoms with van der Waals surface area (Å²) in [6.45, 7) is 2.70. The van der Waals surface area contributed by atoms with Gasteiger partial charge in [0.15, 0.2) is 11.0 Å². The molecule has 162 valence electrons. The number of amides is 2. The van der Waals surface area contributed by atoms with Crippen LogP contribution in [0.4, 0.5) is 5.69 Å². The molecule has 7 nitrogen and oxygen atoms in total. The molecule has 0 saturated carbocycles. The van der Waals surface area contributed by atoms with Crippen LogP contribution >= 0.6 is 46.6 Å². The van der Waals surface area contributed by atoms with E-state index in [4.69, 9.17) is 34.8 Å². The summed E-state index contributed by atoms with van der Waals surface area (Å²) in [5.41, 5.74) is 0.945. The highest BCUT2D eigenvalue weighted by atomic mass is 35.5. The Morgan fingerprint density at radius 2 is 1.81 bits per heavy atom. The van der Waals surface area contributed by atoms with E-state index in [1.165, 1.54) is 11.8 Å². The van der Waals surface area contributed by atoms with Crippen molar-refractivity contribution < 1.29 is 9.59 Å². The van der Waals surface area contributed by atoms with Gasteiger partial charge in [0.1, 0.15) is 0 Å². The average molecular weight is 499 g/mol. The molecule has 0 unspecified atom stereocenters. The number of thioether (sulfide) groups is 1. The molecular weight excluding hydrogens is 481 g/mol. The van der Waals surface area contributed by atoms with Crippen LogP contribution in [0, 0.1) is 0 Å². The maximum atomic E-state index is 12.4. The van der Waals surface area contributed by atoms with Crippen molar-refractivity contribution >= 4 is 64.1 Å². The van der Waals surface area contributed by atoms with Gasteiger partial charge >= 0.3 is 0 Å². The van der Waals surface area contributed by atoms with Gasteiger partial charge in [-0.25, -0.2) is 0 Å². The second kappa shape index (κ2) is 10.9. The summed E-state index contributed by atoms with van der Waals surface area (Å²) in [5.74, 6) is 0.189. The Bertz CT molecular complexity index is 1110.